The van der Waals surface area contributed by atoms with E-state index in [1.807, 2.05) is 17.8 Å². The van der Waals surface area contributed by atoms with E-state index in [2.05, 4.69) is 37.5 Å². The Morgan fingerprint density at radius 2 is 2.06 bits per heavy atom. The Labute approximate surface area is 213 Å². The number of piperidine rings is 1. The van der Waals surface area contributed by atoms with E-state index in [1.54, 1.807) is 31.2 Å². The number of halogens is 1. The summed E-state index contributed by atoms with van der Waals surface area (Å²) >= 11 is 8.00. The van der Waals surface area contributed by atoms with E-state index < -0.39 is 0 Å². The SMILES string of the molecule is CCOC(=O)c1ccc(NC2=NC(=N)/C(=N\O)N=C2N2CCC(SC3C=CC(Cl)=CC3)CC2)cc1. The van der Waals surface area contributed by atoms with Crippen molar-refractivity contribution in [1.29, 1.82) is 5.41 Å². The van der Waals surface area contributed by atoms with Crippen LogP contribution < -0.4 is 5.32 Å². The first-order valence-corrected chi connectivity index (χ1v) is 12.8. The van der Waals surface area contributed by atoms with E-state index in [9.17, 15) is 10.0 Å². The lowest BCUT2D eigenvalue weighted by Gasteiger charge is -2.36. The second-order valence-electron chi connectivity index (χ2n) is 8.14. The fraction of sp³-hybridized carbons (Fsp3) is 0.375. The Kier molecular flexibility index (Phi) is 8.25. The van der Waals surface area contributed by atoms with E-state index in [-0.39, 0.29) is 17.6 Å². The molecule has 0 aromatic heterocycles. The number of rotatable bonds is 5. The number of benzene rings is 1. The summed E-state index contributed by atoms with van der Waals surface area (Å²) in [5, 5.41) is 25.4. The lowest BCUT2D eigenvalue weighted by molar-refractivity contribution is 0.0526. The van der Waals surface area contributed by atoms with Gasteiger partial charge in [-0.15, -0.1) is 0 Å². The number of aliphatic imine (C=N–C) groups is 2. The minimum absolute atomic E-state index is 0.129. The molecule has 11 heteroatoms. The van der Waals surface area contributed by atoms with Crippen LogP contribution in [0.25, 0.3) is 0 Å². The van der Waals surface area contributed by atoms with Crippen molar-refractivity contribution in [2.45, 2.75) is 36.7 Å². The average molecular weight is 515 g/mol. The molecule has 1 aliphatic carbocycles. The normalized spacial score (nSPS) is 21.9. The van der Waals surface area contributed by atoms with E-state index in [4.69, 9.17) is 21.7 Å². The smallest absolute Gasteiger partial charge is 0.338 e. The first-order chi connectivity index (χ1) is 17.0. The highest BCUT2D eigenvalue weighted by Gasteiger charge is 2.30. The molecule has 1 saturated heterocycles. The van der Waals surface area contributed by atoms with Gasteiger partial charge in [-0.3, -0.25) is 5.41 Å². The molecular formula is C24H27ClN6O3S. The minimum Gasteiger partial charge on any atom is -0.462 e. The first-order valence-electron chi connectivity index (χ1n) is 11.4. The van der Waals surface area contributed by atoms with Crippen molar-refractivity contribution >= 4 is 58.4 Å². The summed E-state index contributed by atoms with van der Waals surface area (Å²) in [6.07, 6.45) is 9.08. The molecule has 0 radical (unpaired) electrons. The quantitative estimate of drug-likeness (QED) is 0.302. The van der Waals surface area contributed by atoms with Crippen LogP contribution in [0.2, 0.25) is 0 Å². The standard InChI is InChI=1S/C24H27ClN6O3S/c1-2-34-24(32)15-3-7-17(8-4-15)27-22-23(29-21(30-33)20(26)28-22)31-13-11-19(12-14-31)35-18-9-5-16(25)6-10-18/h3-9,18-19,33H,2,10-14H2,1H3,(H2,26,27,28)/b30-21+. The monoisotopic (exact) mass is 514 g/mol. The van der Waals surface area contributed by atoms with E-state index in [1.165, 1.54) is 0 Å². The molecule has 0 saturated carbocycles. The second-order valence-corrected chi connectivity index (χ2v) is 10.1. The fourth-order valence-electron chi connectivity index (χ4n) is 3.96. The summed E-state index contributed by atoms with van der Waals surface area (Å²) in [7, 11) is 0. The highest BCUT2D eigenvalue weighted by molar-refractivity contribution is 8.00. The zero-order valence-corrected chi connectivity index (χ0v) is 20.8. The number of ether oxygens (including phenoxy) is 1. The van der Waals surface area contributed by atoms with Crippen molar-refractivity contribution in [1.82, 2.24) is 4.90 Å². The predicted molar refractivity (Wildman–Crippen MR) is 142 cm³/mol. The Bertz CT molecular complexity index is 1120. The lowest BCUT2D eigenvalue weighted by Crippen LogP contribution is -2.47. The van der Waals surface area contributed by atoms with E-state index in [0.29, 0.717) is 40.0 Å². The maximum absolute atomic E-state index is 11.9. The molecular weight excluding hydrogens is 488 g/mol. The van der Waals surface area contributed by atoms with Gasteiger partial charge in [0.1, 0.15) is 0 Å². The van der Waals surface area contributed by atoms with Gasteiger partial charge >= 0.3 is 5.97 Å². The van der Waals surface area contributed by atoms with E-state index >= 15 is 0 Å². The van der Waals surface area contributed by atoms with Crippen LogP contribution in [-0.2, 0) is 4.74 Å². The molecule has 2 heterocycles. The van der Waals surface area contributed by atoms with Crippen molar-refractivity contribution in [3.8, 4) is 0 Å². The minimum atomic E-state index is -0.384. The van der Waals surface area contributed by atoms with Crippen LogP contribution in [0, 0.1) is 5.41 Å². The number of nitrogens with zero attached hydrogens (tertiary/aromatic N) is 4. The van der Waals surface area contributed by atoms with Crippen molar-refractivity contribution in [3.63, 3.8) is 0 Å². The predicted octanol–water partition coefficient (Wildman–Crippen LogP) is 4.50. The van der Waals surface area contributed by atoms with Gasteiger partial charge in [0, 0.05) is 34.3 Å². The van der Waals surface area contributed by atoms with Gasteiger partial charge in [-0.05, 0) is 56.5 Å². The van der Waals surface area contributed by atoms with Crippen LogP contribution in [-0.4, -0.2) is 69.6 Å². The van der Waals surface area contributed by atoms with Crippen molar-refractivity contribution in [3.05, 3.63) is 53.1 Å². The molecule has 1 atom stereocenters. The zero-order chi connectivity index (χ0) is 24.8. The van der Waals surface area contributed by atoms with Gasteiger partial charge in [0.05, 0.1) is 12.2 Å². The summed E-state index contributed by atoms with van der Waals surface area (Å²) in [4.78, 5) is 22.7. The number of hydrogen-bond acceptors (Lipinski definition) is 8. The van der Waals surface area contributed by atoms with Gasteiger partial charge < -0.3 is 20.2 Å². The highest BCUT2D eigenvalue weighted by atomic mass is 35.5. The number of esters is 1. The fourth-order valence-corrected chi connectivity index (χ4v) is 5.48. The molecule has 3 N–H and O–H groups in total. The third kappa shape index (κ3) is 6.32. The molecule has 35 heavy (non-hydrogen) atoms. The number of thioether (sulfide) groups is 1. The number of hydrogen-bond donors (Lipinski definition) is 3. The molecule has 1 aromatic rings. The van der Waals surface area contributed by atoms with Gasteiger partial charge in [0.15, 0.2) is 17.5 Å². The van der Waals surface area contributed by atoms with Crippen molar-refractivity contribution in [2.24, 2.45) is 15.1 Å². The Morgan fingerprint density at radius 3 is 2.69 bits per heavy atom. The van der Waals surface area contributed by atoms with Crippen LogP contribution in [0.3, 0.4) is 0 Å². The molecule has 4 rings (SSSR count). The summed E-state index contributed by atoms with van der Waals surface area (Å²) in [5.74, 6) is 0.177. The number of allylic oxidation sites excluding steroid dienone is 3. The number of nitrogens with one attached hydrogen (secondary N) is 2. The number of oxime groups is 1. The summed E-state index contributed by atoms with van der Waals surface area (Å²) in [6.45, 7) is 3.59. The third-order valence-corrected chi connectivity index (χ3v) is 7.57. The zero-order valence-electron chi connectivity index (χ0n) is 19.3. The molecule has 0 spiro atoms. The van der Waals surface area contributed by atoms with Gasteiger partial charge in [-0.25, -0.2) is 14.8 Å². The number of carbonyl (C=O) groups is 1. The second kappa shape index (κ2) is 11.5. The summed E-state index contributed by atoms with van der Waals surface area (Å²) in [5.41, 5.74) is 1.13. The van der Waals surface area contributed by atoms with Crippen LogP contribution in [0.1, 0.15) is 36.5 Å². The molecule has 2 aliphatic heterocycles. The van der Waals surface area contributed by atoms with Crippen molar-refractivity contribution in [2.75, 3.05) is 25.0 Å². The van der Waals surface area contributed by atoms with Gasteiger partial charge in [0.2, 0.25) is 5.84 Å². The van der Waals surface area contributed by atoms with Crippen molar-refractivity contribution < 1.29 is 14.7 Å². The first kappa shape index (κ1) is 25.0. The van der Waals surface area contributed by atoms with Crippen LogP contribution >= 0.6 is 23.4 Å². The van der Waals surface area contributed by atoms with Crippen LogP contribution in [0.5, 0.6) is 0 Å². The molecule has 9 nitrogen and oxygen atoms in total. The largest absolute Gasteiger partial charge is 0.462 e. The highest BCUT2D eigenvalue weighted by Crippen LogP contribution is 2.32. The maximum atomic E-state index is 11.9. The molecule has 0 bridgehead atoms. The number of likely N-dealkylation sites (tertiary alicyclic amines) is 1. The number of anilines is 1. The van der Waals surface area contributed by atoms with Crippen LogP contribution in [0.4, 0.5) is 5.69 Å². The van der Waals surface area contributed by atoms with E-state index in [0.717, 1.165) is 37.4 Å². The number of carbonyl (C=O) groups excluding carboxylic acids is 1. The number of amidine groups is 4. The Morgan fingerprint density at radius 1 is 1.31 bits per heavy atom. The molecule has 0 amide bonds. The average Bonchev–Trinajstić information content (AvgIpc) is 2.87. The molecule has 1 aromatic carbocycles. The topological polar surface area (TPSA) is 123 Å². The molecule has 1 fully saturated rings. The maximum Gasteiger partial charge on any atom is 0.338 e. The Hall–Kier alpha value is -3.11. The lowest BCUT2D eigenvalue weighted by atomic mass is 10.1. The van der Waals surface area contributed by atoms with Crippen LogP contribution in [0.15, 0.2) is 62.7 Å². The molecule has 1 unspecified atom stereocenters. The summed E-state index contributed by atoms with van der Waals surface area (Å²) < 4.78 is 5.03. The van der Waals surface area contributed by atoms with Gasteiger partial charge in [-0.2, -0.15) is 11.8 Å². The summed E-state index contributed by atoms with van der Waals surface area (Å²) in [6, 6.07) is 6.81. The van der Waals surface area contributed by atoms with Gasteiger partial charge in [-0.1, -0.05) is 28.9 Å². The molecule has 184 valence electrons. The third-order valence-electron chi connectivity index (χ3n) is 5.74. The molecule has 3 aliphatic rings. The van der Waals surface area contributed by atoms with Gasteiger partial charge in [0.25, 0.3) is 0 Å². The Balaban J connectivity index is 1.42.